The van der Waals surface area contributed by atoms with Crippen LogP contribution in [0.15, 0.2) is 0 Å². The first kappa shape index (κ1) is 12.1. The molecule has 0 radical (unpaired) electrons. The Morgan fingerprint density at radius 3 is 2.80 bits per heavy atom. The molecular formula is C8H13F3N2O2. The first-order chi connectivity index (χ1) is 6.92. The summed E-state index contributed by atoms with van der Waals surface area (Å²) in [6, 6.07) is -0.738. The van der Waals surface area contributed by atoms with E-state index in [4.69, 9.17) is 0 Å². The Morgan fingerprint density at radius 1 is 1.60 bits per heavy atom. The average Bonchev–Trinajstić information content (AvgIpc) is 2.14. The number of nitrogens with zero attached hydrogens (tertiary/aromatic N) is 1. The van der Waals surface area contributed by atoms with E-state index in [0.717, 1.165) is 0 Å². The van der Waals surface area contributed by atoms with Gasteiger partial charge >= 0.3 is 12.3 Å². The SMILES string of the molecule is COC(=O)N1CCNC(CC(F)(F)F)C1. The van der Waals surface area contributed by atoms with Crippen LogP contribution in [-0.2, 0) is 4.74 Å². The highest BCUT2D eigenvalue weighted by Crippen LogP contribution is 2.22. The number of methoxy groups -OCH3 is 1. The van der Waals surface area contributed by atoms with Crippen molar-refractivity contribution in [3.05, 3.63) is 0 Å². The van der Waals surface area contributed by atoms with Crippen molar-refractivity contribution in [1.29, 1.82) is 0 Å². The van der Waals surface area contributed by atoms with E-state index in [2.05, 4.69) is 10.1 Å². The Labute approximate surface area is 85.4 Å². The highest BCUT2D eigenvalue weighted by atomic mass is 19.4. The van der Waals surface area contributed by atoms with E-state index in [9.17, 15) is 18.0 Å². The molecule has 1 aliphatic heterocycles. The van der Waals surface area contributed by atoms with Gasteiger partial charge in [0.25, 0.3) is 0 Å². The zero-order chi connectivity index (χ0) is 11.5. The average molecular weight is 226 g/mol. The first-order valence-corrected chi connectivity index (χ1v) is 4.55. The zero-order valence-electron chi connectivity index (χ0n) is 8.30. The van der Waals surface area contributed by atoms with Crippen LogP contribution in [0.5, 0.6) is 0 Å². The van der Waals surface area contributed by atoms with E-state index in [-0.39, 0.29) is 6.54 Å². The number of ether oxygens (including phenoxy) is 1. The summed E-state index contributed by atoms with van der Waals surface area (Å²) in [4.78, 5) is 12.3. The molecule has 4 nitrogen and oxygen atoms in total. The Hall–Kier alpha value is -0.980. The lowest BCUT2D eigenvalue weighted by Gasteiger charge is -2.32. The third-order valence-corrected chi connectivity index (χ3v) is 2.17. The second-order valence-electron chi connectivity index (χ2n) is 3.39. The van der Waals surface area contributed by atoms with Crippen LogP contribution in [0, 0.1) is 0 Å². The second kappa shape index (κ2) is 4.69. The normalized spacial score (nSPS) is 22.7. The van der Waals surface area contributed by atoms with Gasteiger partial charge in [-0.05, 0) is 0 Å². The molecule has 0 saturated carbocycles. The molecule has 1 N–H and O–H groups in total. The number of hydrogen-bond acceptors (Lipinski definition) is 3. The maximum absolute atomic E-state index is 12.1. The molecule has 1 atom stereocenters. The van der Waals surface area contributed by atoms with Crippen LogP contribution in [0.3, 0.4) is 0 Å². The van der Waals surface area contributed by atoms with Gasteiger partial charge in [0, 0.05) is 25.7 Å². The molecule has 1 amide bonds. The van der Waals surface area contributed by atoms with Crippen LogP contribution in [0.4, 0.5) is 18.0 Å². The summed E-state index contributed by atoms with van der Waals surface area (Å²) in [6.07, 6.45) is -5.72. The van der Waals surface area contributed by atoms with Crippen LogP contribution >= 0.6 is 0 Å². The molecule has 1 aliphatic rings. The molecule has 0 aromatic heterocycles. The highest BCUT2D eigenvalue weighted by Gasteiger charge is 2.34. The number of halogens is 3. The number of nitrogens with one attached hydrogen (secondary N) is 1. The third kappa shape index (κ3) is 3.94. The van der Waals surface area contributed by atoms with Crippen LogP contribution in [0.1, 0.15) is 6.42 Å². The van der Waals surface area contributed by atoms with E-state index >= 15 is 0 Å². The van der Waals surface area contributed by atoms with Gasteiger partial charge in [-0.2, -0.15) is 13.2 Å². The first-order valence-electron chi connectivity index (χ1n) is 4.55. The Balaban J connectivity index is 2.46. The zero-order valence-corrected chi connectivity index (χ0v) is 8.30. The number of carbonyl (C=O) groups is 1. The summed E-state index contributed by atoms with van der Waals surface area (Å²) in [5.74, 6) is 0. The molecule has 0 aliphatic carbocycles. The summed E-state index contributed by atoms with van der Waals surface area (Å²) in [7, 11) is 1.21. The molecule has 0 aromatic carbocycles. The predicted octanol–water partition coefficient (Wildman–Crippen LogP) is 0.979. The highest BCUT2D eigenvalue weighted by molar-refractivity contribution is 5.67. The molecule has 1 heterocycles. The quantitative estimate of drug-likeness (QED) is 0.724. The molecule has 1 rings (SSSR count). The molecule has 15 heavy (non-hydrogen) atoms. The number of carbonyl (C=O) groups excluding carboxylic acids is 1. The van der Waals surface area contributed by atoms with Crippen molar-refractivity contribution in [1.82, 2.24) is 10.2 Å². The summed E-state index contributed by atoms with van der Waals surface area (Å²) in [6.45, 7) is 0.767. The van der Waals surface area contributed by atoms with Crippen LogP contribution in [0.25, 0.3) is 0 Å². The van der Waals surface area contributed by atoms with Crippen molar-refractivity contribution in [2.75, 3.05) is 26.7 Å². The van der Waals surface area contributed by atoms with Crippen LogP contribution in [0.2, 0.25) is 0 Å². The summed E-state index contributed by atoms with van der Waals surface area (Å²) < 4.78 is 40.7. The van der Waals surface area contributed by atoms with Crippen molar-refractivity contribution in [3.8, 4) is 0 Å². The maximum Gasteiger partial charge on any atom is 0.409 e. The minimum absolute atomic E-state index is 0.0339. The molecule has 1 fully saturated rings. The van der Waals surface area contributed by atoms with Gasteiger partial charge in [-0.25, -0.2) is 4.79 Å². The summed E-state index contributed by atoms with van der Waals surface area (Å²) in [5, 5.41) is 2.72. The Bertz CT molecular complexity index is 232. The van der Waals surface area contributed by atoms with E-state index in [1.165, 1.54) is 12.0 Å². The van der Waals surface area contributed by atoms with E-state index < -0.39 is 24.7 Å². The molecule has 7 heteroatoms. The van der Waals surface area contributed by atoms with Gasteiger partial charge in [-0.1, -0.05) is 0 Å². The van der Waals surface area contributed by atoms with Crippen molar-refractivity contribution in [2.45, 2.75) is 18.6 Å². The van der Waals surface area contributed by atoms with Gasteiger partial charge in [-0.3, -0.25) is 0 Å². The monoisotopic (exact) mass is 226 g/mol. The van der Waals surface area contributed by atoms with Gasteiger partial charge in [0.2, 0.25) is 0 Å². The summed E-state index contributed by atoms with van der Waals surface area (Å²) in [5.41, 5.74) is 0. The van der Waals surface area contributed by atoms with Crippen molar-refractivity contribution >= 4 is 6.09 Å². The molecular weight excluding hydrogens is 213 g/mol. The molecule has 0 bridgehead atoms. The Morgan fingerprint density at radius 2 is 2.27 bits per heavy atom. The minimum atomic E-state index is -4.21. The fourth-order valence-electron chi connectivity index (χ4n) is 1.54. The van der Waals surface area contributed by atoms with Gasteiger partial charge in [0.1, 0.15) is 0 Å². The molecule has 1 unspecified atom stereocenters. The number of piperazine rings is 1. The molecule has 88 valence electrons. The largest absolute Gasteiger partial charge is 0.453 e. The number of hydrogen-bond donors (Lipinski definition) is 1. The predicted molar refractivity (Wildman–Crippen MR) is 46.4 cm³/mol. The minimum Gasteiger partial charge on any atom is -0.453 e. The summed E-state index contributed by atoms with van der Waals surface area (Å²) >= 11 is 0. The van der Waals surface area contributed by atoms with E-state index in [0.29, 0.717) is 13.1 Å². The number of rotatable bonds is 1. The fraction of sp³-hybridized carbons (Fsp3) is 0.875. The standard InChI is InChI=1S/C8H13F3N2O2/c1-15-7(14)13-3-2-12-6(5-13)4-8(9,10)11/h6,12H,2-5H2,1H3. The van der Waals surface area contributed by atoms with Gasteiger partial charge in [0.15, 0.2) is 0 Å². The maximum atomic E-state index is 12.1. The van der Waals surface area contributed by atoms with Gasteiger partial charge in [-0.15, -0.1) is 0 Å². The lowest BCUT2D eigenvalue weighted by molar-refractivity contribution is -0.142. The lowest BCUT2D eigenvalue weighted by atomic mass is 10.1. The Kier molecular flexibility index (Phi) is 3.78. The van der Waals surface area contributed by atoms with Crippen molar-refractivity contribution < 1.29 is 22.7 Å². The van der Waals surface area contributed by atoms with Crippen molar-refractivity contribution in [3.63, 3.8) is 0 Å². The fourth-order valence-corrected chi connectivity index (χ4v) is 1.54. The molecule has 0 aromatic rings. The van der Waals surface area contributed by atoms with Crippen molar-refractivity contribution in [2.24, 2.45) is 0 Å². The van der Waals surface area contributed by atoms with Crippen LogP contribution < -0.4 is 5.32 Å². The van der Waals surface area contributed by atoms with E-state index in [1.54, 1.807) is 0 Å². The van der Waals surface area contributed by atoms with E-state index in [1.807, 2.05) is 0 Å². The number of amides is 1. The second-order valence-corrected chi connectivity index (χ2v) is 3.39. The molecule has 1 saturated heterocycles. The lowest BCUT2D eigenvalue weighted by Crippen LogP contribution is -2.53. The van der Waals surface area contributed by atoms with Crippen LogP contribution in [-0.4, -0.2) is 50.0 Å². The number of alkyl halides is 3. The topological polar surface area (TPSA) is 41.6 Å². The smallest absolute Gasteiger partial charge is 0.409 e. The third-order valence-electron chi connectivity index (χ3n) is 2.17. The van der Waals surface area contributed by atoms with Gasteiger partial charge < -0.3 is 15.0 Å². The molecule has 0 spiro atoms. The van der Waals surface area contributed by atoms with Gasteiger partial charge in [0.05, 0.1) is 13.5 Å².